The molecule has 1 aromatic heterocycles. The molecule has 1 aromatic rings. The second kappa shape index (κ2) is 10.8. The number of halogens is 1. The molecule has 2 aliphatic heterocycles. The quantitative estimate of drug-likeness (QED) is 0.401. The van der Waals surface area contributed by atoms with Crippen LogP contribution in [0.4, 0.5) is 15.0 Å². The molecular formula is C20H30FN3O9. The molecule has 0 radical (unpaired) electrons. The van der Waals surface area contributed by atoms with Gasteiger partial charge in [0.2, 0.25) is 0 Å². The minimum absolute atomic E-state index is 0.442. The molecule has 1 amide bonds. The Morgan fingerprint density at radius 2 is 2.00 bits per heavy atom. The number of anilines is 1. The second-order valence-corrected chi connectivity index (χ2v) is 7.13. The van der Waals surface area contributed by atoms with Crippen molar-refractivity contribution in [1.82, 2.24) is 9.55 Å². The summed E-state index contributed by atoms with van der Waals surface area (Å²) in [4.78, 5) is 28.4. The average Bonchev–Trinajstić information content (AvgIpc) is 3.29. The first-order valence-electron chi connectivity index (χ1n) is 15.1. The molecular weight excluding hydrogens is 445 g/mol. The highest BCUT2D eigenvalue weighted by molar-refractivity contribution is 5.83. The predicted molar refractivity (Wildman–Crippen MR) is 110 cm³/mol. The third-order valence-electron chi connectivity index (χ3n) is 4.92. The van der Waals surface area contributed by atoms with Crippen LogP contribution < -0.4 is 11.0 Å². The number of hydrogen-bond acceptors (Lipinski definition) is 10. The molecule has 33 heavy (non-hydrogen) atoms. The summed E-state index contributed by atoms with van der Waals surface area (Å²) < 4.78 is 119. The van der Waals surface area contributed by atoms with Crippen molar-refractivity contribution in [2.45, 2.75) is 89.0 Å². The molecule has 2 fully saturated rings. The van der Waals surface area contributed by atoms with E-state index in [0.717, 1.165) is 0 Å². The van der Waals surface area contributed by atoms with Gasteiger partial charge in [-0.05, 0) is 20.2 Å². The summed E-state index contributed by atoms with van der Waals surface area (Å²) in [6, 6.07) is 0. The van der Waals surface area contributed by atoms with E-state index in [-0.39, 0.29) is 0 Å². The standard InChI is InChI=1S/C20H30FN3O9/c1-4-5-6-7-30-20(29)23-16-11(21)8-24(19(28)22-16)17-15(13(26)10(3)31-17)33-18-14(27)12(25)9(2)32-18/h8-10,12-15,17-18,25-27H,4-7H2,1-3H3,(H,22,23,28,29)/t9-,10-,12-,13-,14-,15-,17-,18+/m1/s1/i1D3,4D2,5D2,6D2,7D2. The average molecular weight is 487 g/mol. The molecule has 0 aromatic carbocycles. The zero-order chi connectivity index (χ0) is 34.0. The first kappa shape index (κ1) is 14.3. The number of ether oxygens (including phenoxy) is 4. The molecule has 186 valence electrons. The molecule has 12 nitrogen and oxygen atoms in total. The monoisotopic (exact) mass is 486 g/mol. The van der Waals surface area contributed by atoms with Gasteiger partial charge in [-0.15, -0.1) is 0 Å². The molecule has 0 saturated carbocycles. The zero-order valence-corrected chi connectivity index (χ0v) is 17.3. The van der Waals surface area contributed by atoms with Crippen LogP contribution in [0.5, 0.6) is 0 Å². The molecule has 3 heterocycles. The van der Waals surface area contributed by atoms with Crippen molar-refractivity contribution in [3.05, 3.63) is 22.5 Å². The Balaban J connectivity index is 1.82. The summed E-state index contributed by atoms with van der Waals surface area (Å²) >= 11 is 0. The van der Waals surface area contributed by atoms with Crippen molar-refractivity contribution in [2.75, 3.05) is 11.9 Å². The van der Waals surface area contributed by atoms with E-state index in [1.807, 2.05) is 0 Å². The van der Waals surface area contributed by atoms with Crippen LogP contribution in [-0.4, -0.2) is 80.4 Å². The Bertz CT molecular complexity index is 1300. The maximum Gasteiger partial charge on any atom is 0.412 e. The molecule has 0 unspecified atom stereocenters. The molecule has 0 aliphatic carbocycles. The number of nitrogens with one attached hydrogen (secondary N) is 1. The van der Waals surface area contributed by atoms with Crippen LogP contribution in [0.25, 0.3) is 0 Å². The van der Waals surface area contributed by atoms with Gasteiger partial charge < -0.3 is 34.3 Å². The van der Waals surface area contributed by atoms with Crippen molar-refractivity contribution in [3.63, 3.8) is 0 Å². The van der Waals surface area contributed by atoms with E-state index in [1.54, 1.807) is 0 Å². The number of hydrogen-bond donors (Lipinski definition) is 4. The van der Waals surface area contributed by atoms with Gasteiger partial charge in [0.25, 0.3) is 0 Å². The SMILES string of the molecule is [2H]C([2H])([2H])C([2H])([2H])C([2H])([2H])C([2H])([2H])C([2H])([2H])OC(=O)Nc1nc(=O)n([C@@H]2O[C@H](C)[C@@H](O)[C@H]2O[C@@H]2O[C@H](C)[C@@H](O)[C@H]2O)cc1F. The van der Waals surface area contributed by atoms with Crippen molar-refractivity contribution < 1.29 is 58.5 Å². The highest BCUT2D eigenvalue weighted by atomic mass is 19.1. The van der Waals surface area contributed by atoms with Gasteiger partial charge in [0, 0.05) is 12.3 Å². The van der Waals surface area contributed by atoms with Crippen LogP contribution in [0.1, 0.15) is 61.1 Å². The Morgan fingerprint density at radius 1 is 1.27 bits per heavy atom. The van der Waals surface area contributed by atoms with Gasteiger partial charge in [-0.2, -0.15) is 4.98 Å². The molecule has 2 saturated heterocycles. The van der Waals surface area contributed by atoms with Gasteiger partial charge in [-0.25, -0.2) is 14.0 Å². The van der Waals surface area contributed by atoms with Gasteiger partial charge in [-0.1, -0.05) is 19.6 Å². The van der Waals surface area contributed by atoms with Crippen LogP contribution in [-0.2, 0) is 18.9 Å². The molecule has 8 atom stereocenters. The van der Waals surface area contributed by atoms with E-state index in [9.17, 15) is 29.3 Å². The summed E-state index contributed by atoms with van der Waals surface area (Å²) in [5.74, 6) is -2.68. The summed E-state index contributed by atoms with van der Waals surface area (Å²) in [6.45, 7) is -5.03. The third kappa shape index (κ3) is 5.67. The second-order valence-electron chi connectivity index (χ2n) is 7.13. The Morgan fingerprint density at radius 3 is 2.67 bits per heavy atom. The molecule has 13 heteroatoms. The number of aromatic nitrogens is 2. The van der Waals surface area contributed by atoms with Gasteiger partial charge >= 0.3 is 11.8 Å². The van der Waals surface area contributed by atoms with Crippen LogP contribution in [0.2, 0.25) is 0 Å². The fraction of sp³-hybridized carbons (Fsp3) is 0.750. The van der Waals surface area contributed by atoms with Crippen LogP contribution >= 0.6 is 0 Å². The summed E-state index contributed by atoms with van der Waals surface area (Å²) in [5, 5.41) is 32.1. The minimum Gasteiger partial charge on any atom is -0.449 e. The molecule has 0 bridgehead atoms. The van der Waals surface area contributed by atoms with E-state index in [2.05, 4.69) is 9.72 Å². The highest BCUT2D eigenvalue weighted by Crippen LogP contribution is 2.34. The number of carbonyl (C=O) groups is 1. The lowest BCUT2D eigenvalue weighted by Gasteiger charge is -2.26. The molecule has 0 spiro atoms. The van der Waals surface area contributed by atoms with Crippen LogP contribution in [0.15, 0.2) is 11.0 Å². The number of aliphatic hydroxyl groups excluding tert-OH is 3. The van der Waals surface area contributed by atoms with E-state index >= 15 is 0 Å². The number of amides is 1. The number of carbonyl (C=O) groups excluding carboxylic acids is 1. The van der Waals surface area contributed by atoms with Crippen LogP contribution in [0, 0.1) is 5.82 Å². The smallest absolute Gasteiger partial charge is 0.412 e. The predicted octanol–water partition coefficient (Wildman–Crippen LogP) is 0.251. The summed E-state index contributed by atoms with van der Waals surface area (Å²) in [6.07, 6.45) is -24.6. The Hall–Kier alpha value is -2.16. The van der Waals surface area contributed by atoms with E-state index in [4.69, 9.17) is 29.3 Å². The van der Waals surface area contributed by atoms with E-state index < -0.39 is 105 Å². The fourth-order valence-corrected chi connectivity index (χ4v) is 3.23. The lowest BCUT2D eigenvalue weighted by Crippen LogP contribution is -2.43. The largest absolute Gasteiger partial charge is 0.449 e. The minimum atomic E-state index is -4.15. The van der Waals surface area contributed by atoms with Gasteiger partial charge in [0.15, 0.2) is 24.2 Å². The maximum absolute atomic E-state index is 15.0. The van der Waals surface area contributed by atoms with E-state index in [0.29, 0.717) is 10.8 Å². The fourth-order valence-electron chi connectivity index (χ4n) is 3.23. The number of aliphatic hydroxyl groups is 3. The zero-order valence-electron chi connectivity index (χ0n) is 28.3. The van der Waals surface area contributed by atoms with Gasteiger partial charge in [-0.3, -0.25) is 9.88 Å². The lowest BCUT2D eigenvalue weighted by atomic mass is 10.1. The topological polar surface area (TPSA) is 162 Å². The number of nitrogens with zero attached hydrogens (tertiary/aromatic N) is 2. The van der Waals surface area contributed by atoms with Crippen molar-refractivity contribution in [2.24, 2.45) is 0 Å². The van der Waals surface area contributed by atoms with Crippen LogP contribution in [0.3, 0.4) is 0 Å². The third-order valence-corrected chi connectivity index (χ3v) is 4.92. The lowest BCUT2D eigenvalue weighted by molar-refractivity contribution is -0.216. The van der Waals surface area contributed by atoms with Crippen molar-refractivity contribution >= 4 is 11.9 Å². The normalized spacial score (nSPS) is 41.0. The number of rotatable bonds is 8. The molecule has 2 aliphatic rings. The molecule has 4 N–H and O–H groups in total. The molecule has 3 rings (SSSR count). The first-order chi connectivity index (χ1) is 19.8. The summed E-state index contributed by atoms with van der Waals surface area (Å²) in [5.41, 5.74) is -1.34. The highest BCUT2D eigenvalue weighted by Gasteiger charge is 2.49. The maximum atomic E-state index is 15.0. The van der Waals surface area contributed by atoms with Crippen molar-refractivity contribution in [1.29, 1.82) is 0 Å². The van der Waals surface area contributed by atoms with Gasteiger partial charge in [0.1, 0.15) is 24.4 Å². The van der Waals surface area contributed by atoms with Gasteiger partial charge in [0.05, 0.1) is 27.7 Å². The summed E-state index contributed by atoms with van der Waals surface area (Å²) in [7, 11) is 0. The Labute approximate surface area is 204 Å². The Kier molecular flexibility index (Phi) is 4.70. The van der Waals surface area contributed by atoms with E-state index in [1.165, 1.54) is 19.2 Å². The van der Waals surface area contributed by atoms with Crippen molar-refractivity contribution in [3.8, 4) is 0 Å². The first-order valence-corrected chi connectivity index (χ1v) is 9.57.